The van der Waals surface area contributed by atoms with Gasteiger partial charge in [-0.15, -0.1) is 0 Å². The van der Waals surface area contributed by atoms with Gasteiger partial charge in [-0.3, -0.25) is 4.79 Å². The van der Waals surface area contributed by atoms with Crippen molar-refractivity contribution in [1.29, 1.82) is 0 Å². The van der Waals surface area contributed by atoms with Gasteiger partial charge < -0.3 is 10.1 Å². The molecule has 1 aliphatic rings. The van der Waals surface area contributed by atoms with Crippen LogP contribution >= 0.6 is 0 Å². The number of nitrogens with zero attached hydrogens (tertiary/aromatic N) is 1. The van der Waals surface area contributed by atoms with Crippen LogP contribution < -0.4 is 14.8 Å². The number of nitrogens with one attached hydrogen (secondary N) is 2. The molecule has 7 nitrogen and oxygen atoms in total. The van der Waals surface area contributed by atoms with Gasteiger partial charge in [0, 0.05) is 29.9 Å². The summed E-state index contributed by atoms with van der Waals surface area (Å²) in [5.74, 6) is 0.153. The normalized spacial score (nSPS) is 14.1. The fraction of sp³-hybridized carbons (Fsp3) is 0.294. The smallest absolute Gasteiger partial charge is 0.251 e. The zero-order valence-corrected chi connectivity index (χ0v) is 14.5. The van der Waals surface area contributed by atoms with E-state index < -0.39 is 10.0 Å². The largest absolute Gasteiger partial charge is 0.481 e. The van der Waals surface area contributed by atoms with Crippen LogP contribution in [0.15, 0.2) is 47.5 Å². The number of hydrogen-bond acceptors (Lipinski definition) is 5. The lowest BCUT2D eigenvalue weighted by atomic mass is 10.2. The van der Waals surface area contributed by atoms with Crippen molar-refractivity contribution in [3.8, 4) is 5.88 Å². The first-order chi connectivity index (χ1) is 12.0. The highest BCUT2D eigenvalue weighted by atomic mass is 32.2. The molecular formula is C17H19N3O4S. The van der Waals surface area contributed by atoms with Crippen LogP contribution in [0.1, 0.15) is 28.8 Å². The van der Waals surface area contributed by atoms with Gasteiger partial charge in [0.25, 0.3) is 5.91 Å². The molecule has 2 aromatic rings. The SMILES string of the molecule is COc1ncccc1CNC(=O)c1ccc(S(=O)(=O)NC2CC2)cc1. The second-order valence-corrected chi connectivity index (χ2v) is 7.49. The Balaban J connectivity index is 1.64. The summed E-state index contributed by atoms with van der Waals surface area (Å²) in [6, 6.07) is 9.48. The second-order valence-electron chi connectivity index (χ2n) is 5.77. The summed E-state index contributed by atoms with van der Waals surface area (Å²) in [5, 5.41) is 2.77. The predicted molar refractivity (Wildman–Crippen MR) is 91.7 cm³/mol. The maximum absolute atomic E-state index is 12.2. The van der Waals surface area contributed by atoms with Gasteiger partial charge in [-0.1, -0.05) is 6.07 Å². The number of hydrogen-bond donors (Lipinski definition) is 2. The van der Waals surface area contributed by atoms with Crippen LogP contribution in [0.5, 0.6) is 5.88 Å². The summed E-state index contributed by atoms with van der Waals surface area (Å²) in [4.78, 5) is 16.5. The summed E-state index contributed by atoms with van der Waals surface area (Å²) in [5.41, 5.74) is 1.14. The molecule has 0 aliphatic heterocycles. The number of aromatic nitrogens is 1. The van der Waals surface area contributed by atoms with E-state index in [9.17, 15) is 13.2 Å². The van der Waals surface area contributed by atoms with Gasteiger partial charge >= 0.3 is 0 Å². The maximum Gasteiger partial charge on any atom is 0.251 e. The minimum atomic E-state index is -3.51. The molecule has 0 spiro atoms. The van der Waals surface area contributed by atoms with Crippen LogP contribution in [0.4, 0.5) is 0 Å². The number of benzene rings is 1. The number of sulfonamides is 1. The van der Waals surface area contributed by atoms with E-state index in [0.29, 0.717) is 11.4 Å². The molecule has 25 heavy (non-hydrogen) atoms. The summed E-state index contributed by atoms with van der Waals surface area (Å²) in [6.07, 6.45) is 3.36. The zero-order valence-electron chi connectivity index (χ0n) is 13.7. The Kier molecular flexibility index (Phi) is 5.00. The van der Waals surface area contributed by atoms with E-state index >= 15 is 0 Å². The molecule has 0 saturated heterocycles. The van der Waals surface area contributed by atoms with E-state index in [1.165, 1.54) is 31.4 Å². The lowest BCUT2D eigenvalue weighted by Crippen LogP contribution is -2.26. The molecule has 132 valence electrons. The molecule has 3 rings (SSSR count). The molecule has 1 heterocycles. The van der Waals surface area contributed by atoms with Crippen LogP contribution in [0, 0.1) is 0 Å². The maximum atomic E-state index is 12.2. The van der Waals surface area contributed by atoms with Crippen molar-refractivity contribution in [2.75, 3.05) is 7.11 Å². The van der Waals surface area contributed by atoms with Crippen molar-refractivity contribution < 1.29 is 17.9 Å². The van der Waals surface area contributed by atoms with Crippen molar-refractivity contribution >= 4 is 15.9 Å². The molecule has 0 bridgehead atoms. The molecule has 8 heteroatoms. The molecule has 2 N–H and O–H groups in total. The summed E-state index contributed by atoms with van der Waals surface area (Å²) < 4.78 is 32.0. The lowest BCUT2D eigenvalue weighted by molar-refractivity contribution is 0.0950. The van der Waals surface area contributed by atoms with E-state index in [4.69, 9.17) is 4.74 Å². The number of amides is 1. The molecule has 1 aliphatic carbocycles. The van der Waals surface area contributed by atoms with Gasteiger partial charge in [-0.25, -0.2) is 18.1 Å². The Bertz CT molecular complexity index is 862. The molecule has 0 atom stereocenters. The molecular weight excluding hydrogens is 342 g/mol. The molecule has 1 aromatic carbocycles. The van der Waals surface area contributed by atoms with E-state index in [-0.39, 0.29) is 23.4 Å². The van der Waals surface area contributed by atoms with Crippen molar-refractivity contribution in [3.05, 3.63) is 53.7 Å². The molecule has 1 fully saturated rings. The molecule has 0 unspecified atom stereocenters. The van der Waals surface area contributed by atoms with Gasteiger partial charge in [-0.05, 0) is 43.2 Å². The molecule has 0 radical (unpaired) electrons. The third kappa shape index (κ3) is 4.34. The average molecular weight is 361 g/mol. The number of rotatable bonds is 7. The van der Waals surface area contributed by atoms with Crippen LogP contribution in [-0.2, 0) is 16.6 Å². The van der Waals surface area contributed by atoms with Gasteiger partial charge in [0.15, 0.2) is 0 Å². The standard InChI is InChI=1S/C17H19N3O4S/c1-24-17-13(3-2-10-18-17)11-19-16(21)12-4-8-15(9-5-12)25(22,23)20-14-6-7-14/h2-5,8-10,14,20H,6-7,11H2,1H3,(H,19,21). The highest BCUT2D eigenvalue weighted by molar-refractivity contribution is 7.89. The van der Waals surface area contributed by atoms with E-state index in [0.717, 1.165) is 18.4 Å². The number of carbonyl (C=O) groups excluding carboxylic acids is 1. The zero-order chi connectivity index (χ0) is 17.9. The Morgan fingerprint density at radius 1 is 1.24 bits per heavy atom. The van der Waals surface area contributed by atoms with Crippen molar-refractivity contribution in [3.63, 3.8) is 0 Å². The summed E-state index contributed by atoms with van der Waals surface area (Å²) in [7, 11) is -1.99. The average Bonchev–Trinajstić information content (AvgIpc) is 3.43. The first kappa shape index (κ1) is 17.4. The topological polar surface area (TPSA) is 97.4 Å². The Morgan fingerprint density at radius 2 is 1.96 bits per heavy atom. The van der Waals surface area contributed by atoms with E-state index in [1.807, 2.05) is 6.07 Å². The first-order valence-corrected chi connectivity index (χ1v) is 9.36. The highest BCUT2D eigenvalue weighted by Crippen LogP contribution is 2.22. The summed E-state index contributed by atoms with van der Waals surface area (Å²) in [6.45, 7) is 0.263. The Labute approximate surface area is 146 Å². The number of methoxy groups -OCH3 is 1. The van der Waals surface area contributed by atoms with Crippen LogP contribution in [0.2, 0.25) is 0 Å². The van der Waals surface area contributed by atoms with Crippen molar-refractivity contribution in [2.24, 2.45) is 0 Å². The Hall–Kier alpha value is -2.45. The minimum absolute atomic E-state index is 0.0439. The number of carbonyl (C=O) groups is 1. The summed E-state index contributed by atoms with van der Waals surface area (Å²) >= 11 is 0. The fourth-order valence-electron chi connectivity index (χ4n) is 2.29. The molecule has 1 aromatic heterocycles. The van der Waals surface area contributed by atoms with Crippen molar-refractivity contribution in [2.45, 2.75) is 30.3 Å². The quantitative estimate of drug-likeness (QED) is 0.778. The second kappa shape index (κ2) is 7.20. The Morgan fingerprint density at radius 3 is 2.60 bits per heavy atom. The number of pyridine rings is 1. The minimum Gasteiger partial charge on any atom is -0.481 e. The third-order valence-corrected chi connectivity index (χ3v) is 5.35. The predicted octanol–water partition coefficient (Wildman–Crippen LogP) is 1.46. The van der Waals surface area contributed by atoms with E-state index in [2.05, 4.69) is 15.0 Å². The van der Waals surface area contributed by atoms with E-state index in [1.54, 1.807) is 12.3 Å². The monoisotopic (exact) mass is 361 g/mol. The van der Waals surface area contributed by atoms with Gasteiger partial charge in [0.1, 0.15) is 0 Å². The fourth-order valence-corrected chi connectivity index (χ4v) is 3.60. The highest BCUT2D eigenvalue weighted by Gasteiger charge is 2.27. The van der Waals surface area contributed by atoms with Crippen molar-refractivity contribution in [1.82, 2.24) is 15.0 Å². The molecule has 1 amide bonds. The van der Waals surface area contributed by atoms with Crippen LogP contribution in [-0.4, -0.2) is 32.5 Å². The van der Waals surface area contributed by atoms with Crippen LogP contribution in [0.3, 0.4) is 0 Å². The van der Waals surface area contributed by atoms with Crippen LogP contribution in [0.25, 0.3) is 0 Å². The van der Waals surface area contributed by atoms with Gasteiger partial charge in [0.2, 0.25) is 15.9 Å². The molecule has 1 saturated carbocycles. The number of ether oxygens (including phenoxy) is 1. The third-order valence-electron chi connectivity index (χ3n) is 3.81. The van der Waals surface area contributed by atoms with Gasteiger partial charge in [0.05, 0.1) is 12.0 Å². The first-order valence-electron chi connectivity index (χ1n) is 7.88. The lowest BCUT2D eigenvalue weighted by Gasteiger charge is -2.09. The van der Waals surface area contributed by atoms with Gasteiger partial charge in [-0.2, -0.15) is 0 Å².